The summed E-state index contributed by atoms with van der Waals surface area (Å²) >= 11 is 0. The van der Waals surface area contributed by atoms with Gasteiger partial charge < -0.3 is 4.52 Å². The van der Waals surface area contributed by atoms with E-state index in [1.165, 1.54) is 4.68 Å². The van der Waals surface area contributed by atoms with E-state index < -0.39 is 0 Å². The van der Waals surface area contributed by atoms with E-state index in [0.29, 0.717) is 23.3 Å². The predicted molar refractivity (Wildman–Crippen MR) is 81.8 cm³/mol. The van der Waals surface area contributed by atoms with Crippen LogP contribution < -0.4 is 5.56 Å². The minimum Gasteiger partial charge on any atom is -0.337 e. The van der Waals surface area contributed by atoms with Crippen molar-refractivity contribution >= 4 is 0 Å². The third-order valence-electron chi connectivity index (χ3n) is 3.78. The standard InChI is InChI=1S/C16H15N5O2/c1-10-6-7-17-13(8-10)16-18-14(23-20-16)9-21-15(22)5-4-12(19-21)11-2-3-11/h4-8,11H,2-3,9H2,1H3. The topological polar surface area (TPSA) is 86.7 Å². The molecule has 3 aromatic heterocycles. The van der Waals surface area contributed by atoms with Gasteiger partial charge in [-0.25, -0.2) is 4.68 Å². The van der Waals surface area contributed by atoms with Gasteiger partial charge in [0, 0.05) is 18.2 Å². The van der Waals surface area contributed by atoms with E-state index >= 15 is 0 Å². The maximum atomic E-state index is 11.9. The average molecular weight is 309 g/mol. The van der Waals surface area contributed by atoms with Gasteiger partial charge in [0.05, 0.1) is 5.69 Å². The molecule has 7 heteroatoms. The molecule has 3 heterocycles. The second-order valence-corrected chi connectivity index (χ2v) is 5.76. The van der Waals surface area contributed by atoms with Gasteiger partial charge in [0.1, 0.15) is 12.2 Å². The fourth-order valence-corrected chi connectivity index (χ4v) is 2.38. The van der Waals surface area contributed by atoms with Gasteiger partial charge in [-0.15, -0.1) is 0 Å². The number of nitrogens with zero attached hydrogens (tertiary/aromatic N) is 5. The van der Waals surface area contributed by atoms with Crippen molar-refractivity contribution < 1.29 is 4.52 Å². The van der Waals surface area contributed by atoms with Crippen molar-refractivity contribution in [1.29, 1.82) is 0 Å². The Morgan fingerprint density at radius 1 is 1.30 bits per heavy atom. The summed E-state index contributed by atoms with van der Waals surface area (Å²) in [4.78, 5) is 20.5. The van der Waals surface area contributed by atoms with Gasteiger partial charge in [0.15, 0.2) is 0 Å². The molecule has 0 unspecified atom stereocenters. The van der Waals surface area contributed by atoms with Crippen LogP contribution in [0.5, 0.6) is 0 Å². The van der Waals surface area contributed by atoms with E-state index in [2.05, 4.69) is 20.2 Å². The molecule has 0 aromatic carbocycles. The zero-order chi connectivity index (χ0) is 15.8. The van der Waals surface area contributed by atoms with Crippen LogP contribution in [0.2, 0.25) is 0 Å². The maximum Gasteiger partial charge on any atom is 0.267 e. The third kappa shape index (κ3) is 2.90. The van der Waals surface area contributed by atoms with Gasteiger partial charge in [-0.3, -0.25) is 9.78 Å². The molecule has 0 amide bonds. The van der Waals surface area contributed by atoms with Crippen LogP contribution in [0.25, 0.3) is 11.5 Å². The first-order valence-electron chi connectivity index (χ1n) is 7.53. The van der Waals surface area contributed by atoms with Gasteiger partial charge >= 0.3 is 0 Å². The summed E-state index contributed by atoms with van der Waals surface area (Å²) in [6, 6.07) is 7.12. The molecule has 0 saturated heterocycles. The highest BCUT2D eigenvalue weighted by Crippen LogP contribution is 2.38. The number of hydrogen-bond donors (Lipinski definition) is 0. The van der Waals surface area contributed by atoms with E-state index in [1.54, 1.807) is 18.3 Å². The van der Waals surface area contributed by atoms with Gasteiger partial charge in [0.25, 0.3) is 5.56 Å². The van der Waals surface area contributed by atoms with Crippen molar-refractivity contribution in [2.45, 2.75) is 32.2 Å². The van der Waals surface area contributed by atoms with Crippen molar-refractivity contribution in [3.8, 4) is 11.5 Å². The fourth-order valence-electron chi connectivity index (χ4n) is 2.38. The monoisotopic (exact) mass is 309 g/mol. The molecule has 7 nitrogen and oxygen atoms in total. The van der Waals surface area contributed by atoms with Crippen LogP contribution in [0.15, 0.2) is 39.8 Å². The molecule has 0 N–H and O–H groups in total. The number of aryl methyl sites for hydroxylation is 1. The first-order chi connectivity index (χ1) is 11.2. The molecule has 0 aliphatic heterocycles. The molecule has 0 bridgehead atoms. The summed E-state index contributed by atoms with van der Waals surface area (Å²) in [7, 11) is 0. The minimum absolute atomic E-state index is 0.165. The molecule has 116 valence electrons. The molecule has 1 fully saturated rings. The summed E-state index contributed by atoms with van der Waals surface area (Å²) in [5.74, 6) is 1.23. The lowest BCUT2D eigenvalue weighted by molar-refractivity contribution is 0.362. The molecular weight excluding hydrogens is 294 g/mol. The summed E-state index contributed by atoms with van der Waals surface area (Å²) in [6.45, 7) is 2.14. The smallest absolute Gasteiger partial charge is 0.267 e. The fraction of sp³-hybridized carbons (Fsp3) is 0.312. The van der Waals surface area contributed by atoms with E-state index in [4.69, 9.17) is 4.52 Å². The van der Waals surface area contributed by atoms with Crippen molar-refractivity contribution in [3.05, 3.63) is 58.0 Å². The van der Waals surface area contributed by atoms with Crippen molar-refractivity contribution in [2.75, 3.05) is 0 Å². The summed E-state index contributed by atoms with van der Waals surface area (Å²) in [6.07, 6.45) is 3.97. The minimum atomic E-state index is -0.178. The molecule has 1 aliphatic carbocycles. The Labute approximate surface area is 132 Å². The lowest BCUT2D eigenvalue weighted by Crippen LogP contribution is -2.23. The zero-order valence-electron chi connectivity index (χ0n) is 12.6. The highest BCUT2D eigenvalue weighted by Gasteiger charge is 2.25. The van der Waals surface area contributed by atoms with E-state index in [1.807, 2.05) is 19.1 Å². The van der Waals surface area contributed by atoms with Crippen LogP contribution in [0.3, 0.4) is 0 Å². The largest absolute Gasteiger partial charge is 0.337 e. The Morgan fingerprint density at radius 2 is 2.17 bits per heavy atom. The molecule has 4 rings (SSSR count). The van der Waals surface area contributed by atoms with Crippen molar-refractivity contribution in [1.82, 2.24) is 24.9 Å². The highest BCUT2D eigenvalue weighted by molar-refractivity contribution is 5.48. The van der Waals surface area contributed by atoms with Gasteiger partial charge in [-0.1, -0.05) is 5.16 Å². The number of rotatable bonds is 4. The Hall–Kier alpha value is -2.83. The van der Waals surface area contributed by atoms with Crippen molar-refractivity contribution in [2.24, 2.45) is 0 Å². The molecule has 0 spiro atoms. The molecule has 23 heavy (non-hydrogen) atoms. The predicted octanol–water partition coefficient (Wildman–Crippen LogP) is 1.92. The second-order valence-electron chi connectivity index (χ2n) is 5.76. The van der Waals surface area contributed by atoms with Crippen LogP contribution in [-0.4, -0.2) is 24.9 Å². The van der Waals surface area contributed by atoms with E-state index in [9.17, 15) is 4.79 Å². The van der Waals surface area contributed by atoms with Gasteiger partial charge in [-0.05, 0) is 43.5 Å². The number of hydrogen-bond acceptors (Lipinski definition) is 6. The molecule has 3 aromatic rings. The molecule has 1 saturated carbocycles. The number of aromatic nitrogens is 5. The van der Waals surface area contributed by atoms with Crippen molar-refractivity contribution in [3.63, 3.8) is 0 Å². The number of pyridine rings is 1. The first kappa shape index (κ1) is 13.8. The lowest BCUT2D eigenvalue weighted by Gasteiger charge is -2.03. The van der Waals surface area contributed by atoms with E-state index in [-0.39, 0.29) is 12.1 Å². The molecular formula is C16H15N5O2. The lowest BCUT2D eigenvalue weighted by atomic mass is 10.2. The van der Waals surface area contributed by atoms with Gasteiger partial charge in [0.2, 0.25) is 11.7 Å². The summed E-state index contributed by atoms with van der Waals surface area (Å²) < 4.78 is 6.60. The van der Waals surface area contributed by atoms with Crippen LogP contribution in [0.4, 0.5) is 0 Å². The Balaban J connectivity index is 1.60. The molecule has 1 aliphatic rings. The Morgan fingerprint density at radius 3 is 2.96 bits per heavy atom. The quantitative estimate of drug-likeness (QED) is 0.732. The van der Waals surface area contributed by atoms with Crippen LogP contribution in [-0.2, 0) is 6.54 Å². The Kier molecular flexibility index (Phi) is 3.25. The normalized spacial score (nSPS) is 14.1. The van der Waals surface area contributed by atoms with Crippen LogP contribution in [0, 0.1) is 6.92 Å². The SMILES string of the molecule is Cc1ccnc(-c2noc(Cn3nc(C4CC4)ccc3=O)n2)c1. The van der Waals surface area contributed by atoms with E-state index in [0.717, 1.165) is 24.1 Å². The second kappa shape index (κ2) is 5.42. The summed E-state index contributed by atoms with van der Waals surface area (Å²) in [5.41, 5.74) is 2.48. The maximum absolute atomic E-state index is 11.9. The first-order valence-corrected chi connectivity index (χ1v) is 7.53. The highest BCUT2D eigenvalue weighted by atomic mass is 16.5. The Bertz CT molecular complexity index is 911. The van der Waals surface area contributed by atoms with Crippen LogP contribution in [0.1, 0.15) is 35.9 Å². The zero-order valence-corrected chi connectivity index (χ0v) is 12.6. The van der Waals surface area contributed by atoms with Crippen LogP contribution >= 0.6 is 0 Å². The molecule has 0 atom stereocenters. The average Bonchev–Trinajstić information content (AvgIpc) is 3.29. The summed E-state index contributed by atoms with van der Waals surface area (Å²) in [5, 5.41) is 8.32. The third-order valence-corrected chi connectivity index (χ3v) is 3.78. The molecule has 0 radical (unpaired) electrons. The van der Waals surface area contributed by atoms with Gasteiger partial charge in [-0.2, -0.15) is 10.1 Å².